The minimum Gasteiger partial charge on any atom is -0.396 e. The number of hydrogen-bond donors (Lipinski definition) is 1. The third-order valence-electron chi connectivity index (χ3n) is 7.44. The van der Waals surface area contributed by atoms with Crippen LogP contribution in [0.5, 0.6) is 0 Å². The van der Waals surface area contributed by atoms with Crippen molar-refractivity contribution in [3.05, 3.63) is 117 Å². The maximum atomic E-state index is 13.9. The standard InChI is InChI=1S/C34H38ClFN4O3S.8CH4/c1-3-38(4-2)18-19-39(21-25-5-9-27(10-6-25)28-11-13-30(35)14-12-28)32(42)23-40-22-29(17-20-41)33(43)37-34(40)44-24-26-7-15-31(36)16-8-26;;;;;;;;/h5-16,22,41H,3-4,17-21,23-24H2,1-2H3;8*1H4. The van der Waals surface area contributed by atoms with Crippen LogP contribution >= 0.6 is 23.4 Å². The van der Waals surface area contributed by atoms with E-state index < -0.39 is 5.56 Å². The number of carbonyl (C=O) groups excluding carboxylic acids is 1. The highest BCUT2D eigenvalue weighted by molar-refractivity contribution is 7.98. The van der Waals surface area contributed by atoms with Crippen LogP contribution in [0.15, 0.2) is 88.9 Å². The van der Waals surface area contributed by atoms with Crippen LogP contribution in [0.25, 0.3) is 11.1 Å². The van der Waals surface area contributed by atoms with Crippen molar-refractivity contribution in [1.29, 1.82) is 0 Å². The fourth-order valence-corrected chi connectivity index (χ4v) is 5.82. The summed E-state index contributed by atoms with van der Waals surface area (Å²) in [7, 11) is 0. The predicted octanol–water partition coefficient (Wildman–Crippen LogP) is 11.0. The Morgan fingerprint density at radius 1 is 0.808 bits per heavy atom. The van der Waals surface area contributed by atoms with Gasteiger partial charge in [0.1, 0.15) is 12.4 Å². The van der Waals surface area contributed by atoms with Gasteiger partial charge in [0.25, 0.3) is 5.56 Å². The first kappa shape index (κ1) is 57.8. The molecule has 10 heteroatoms. The lowest BCUT2D eigenvalue weighted by molar-refractivity contribution is -0.132. The van der Waals surface area contributed by atoms with Gasteiger partial charge in [0.2, 0.25) is 5.91 Å². The number of hydrogen-bond acceptors (Lipinski definition) is 6. The molecule has 1 aromatic heterocycles. The van der Waals surface area contributed by atoms with E-state index >= 15 is 0 Å². The monoisotopic (exact) mass is 764 g/mol. The second-order valence-electron chi connectivity index (χ2n) is 10.4. The Balaban J connectivity index is -0.000000920. The molecule has 0 unspecified atom stereocenters. The summed E-state index contributed by atoms with van der Waals surface area (Å²) in [6.45, 7) is 7.44. The van der Waals surface area contributed by atoms with Crippen molar-refractivity contribution in [3.8, 4) is 11.1 Å². The first-order valence-corrected chi connectivity index (χ1v) is 16.1. The Bertz CT molecular complexity index is 1560. The predicted molar refractivity (Wildman–Crippen MR) is 229 cm³/mol. The lowest BCUT2D eigenvalue weighted by atomic mass is 10.0. The van der Waals surface area contributed by atoms with Crippen LogP contribution in [0, 0.1) is 5.82 Å². The van der Waals surface area contributed by atoms with Gasteiger partial charge in [0.05, 0.1) is 0 Å². The molecule has 0 bridgehead atoms. The molecule has 1 N–H and O–H groups in total. The molecule has 4 aromatic rings. The van der Waals surface area contributed by atoms with E-state index in [4.69, 9.17) is 11.6 Å². The van der Waals surface area contributed by atoms with Gasteiger partial charge in [0, 0.05) is 55.2 Å². The first-order valence-electron chi connectivity index (χ1n) is 14.7. The van der Waals surface area contributed by atoms with Crippen molar-refractivity contribution >= 4 is 29.3 Å². The lowest BCUT2D eigenvalue weighted by Crippen LogP contribution is -2.40. The summed E-state index contributed by atoms with van der Waals surface area (Å²) in [5.74, 6) is 0.0199. The number of likely N-dealkylation sites (N-methyl/N-ethyl adjacent to an activating group) is 1. The molecule has 52 heavy (non-hydrogen) atoms. The summed E-state index contributed by atoms with van der Waals surface area (Å²) in [6.07, 6.45) is 1.77. The van der Waals surface area contributed by atoms with Crippen LogP contribution in [0.1, 0.15) is 90.0 Å². The highest BCUT2D eigenvalue weighted by atomic mass is 35.5. The van der Waals surface area contributed by atoms with Gasteiger partial charge in [-0.2, -0.15) is 4.98 Å². The van der Waals surface area contributed by atoms with E-state index in [1.807, 2.05) is 53.4 Å². The molecule has 1 heterocycles. The van der Waals surface area contributed by atoms with Crippen molar-refractivity contribution in [2.75, 3.05) is 32.8 Å². The zero-order valence-corrected chi connectivity index (χ0v) is 26.7. The van der Waals surface area contributed by atoms with Gasteiger partial charge in [-0.3, -0.25) is 9.59 Å². The van der Waals surface area contributed by atoms with Gasteiger partial charge >= 0.3 is 0 Å². The molecule has 0 atom stereocenters. The highest BCUT2D eigenvalue weighted by Gasteiger charge is 2.19. The van der Waals surface area contributed by atoms with E-state index in [0.29, 0.717) is 34.6 Å². The van der Waals surface area contributed by atoms with Gasteiger partial charge in [0.15, 0.2) is 5.16 Å². The fraction of sp³-hybridized carbons (Fsp3) is 0.452. The van der Waals surface area contributed by atoms with Crippen LogP contribution in [0.2, 0.25) is 5.02 Å². The van der Waals surface area contributed by atoms with E-state index in [0.717, 1.165) is 41.9 Å². The largest absolute Gasteiger partial charge is 0.396 e. The molecule has 0 saturated carbocycles. The van der Waals surface area contributed by atoms with Crippen LogP contribution in [0.4, 0.5) is 4.39 Å². The molecule has 0 saturated heterocycles. The number of halogens is 2. The quantitative estimate of drug-likeness (QED) is 0.0959. The van der Waals surface area contributed by atoms with E-state index in [1.54, 1.807) is 22.9 Å². The topological polar surface area (TPSA) is 78.7 Å². The number of carbonyl (C=O) groups is 1. The number of aromatic nitrogens is 2. The summed E-state index contributed by atoms with van der Waals surface area (Å²) in [4.78, 5) is 35.0. The molecule has 4 rings (SSSR count). The van der Waals surface area contributed by atoms with Crippen LogP contribution < -0.4 is 5.56 Å². The smallest absolute Gasteiger partial charge is 0.276 e. The second-order valence-corrected chi connectivity index (χ2v) is 11.8. The zero-order chi connectivity index (χ0) is 31.5. The third-order valence-corrected chi connectivity index (χ3v) is 8.75. The number of benzene rings is 3. The van der Waals surface area contributed by atoms with Crippen LogP contribution in [-0.4, -0.2) is 63.2 Å². The number of amides is 1. The average molecular weight is 766 g/mol. The molecule has 0 aliphatic carbocycles. The number of aliphatic hydroxyl groups excluding tert-OH is 1. The zero-order valence-electron chi connectivity index (χ0n) is 25.1. The SMILES string of the molecule is C.C.C.C.C.C.C.C.CCN(CC)CCN(Cc1ccc(-c2ccc(Cl)cc2)cc1)C(=O)Cn1cc(CCO)c(=O)nc1SCc1ccc(F)cc1. The van der Waals surface area contributed by atoms with E-state index in [2.05, 4.69) is 23.7 Å². The number of aliphatic hydroxyl groups is 1. The van der Waals surface area contributed by atoms with Gasteiger partial charge in [-0.15, -0.1) is 0 Å². The normalized spacial score (nSPS) is 9.50. The summed E-state index contributed by atoms with van der Waals surface area (Å²) < 4.78 is 15.1. The van der Waals surface area contributed by atoms with Crippen molar-refractivity contribution in [2.24, 2.45) is 0 Å². The molecular weight excluding hydrogens is 695 g/mol. The molecule has 0 radical (unpaired) electrons. The molecular formula is C42H70ClFN4O3S. The third kappa shape index (κ3) is 16.9. The molecule has 3 aromatic carbocycles. The Morgan fingerprint density at radius 2 is 1.33 bits per heavy atom. The number of rotatable bonds is 15. The molecule has 7 nitrogen and oxygen atoms in total. The van der Waals surface area contributed by atoms with Crippen molar-refractivity contribution < 1.29 is 14.3 Å². The molecule has 296 valence electrons. The van der Waals surface area contributed by atoms with Gasteiger partial charge in [-0.1, -0.05) is 145 Å². The minimum absolute atomic E-state index is 0. The van der Waals surface area contributed by atoms with E-state index in [9.17, 15) is 19.1 Å². The first-order chi connectivity index (χ1) is 21.3. The molecule has 0 spiro atoms. The highest BCUT2D eigenvalue weighted by Crippen LogP contribution is 2.23. The van der Waals surface area contributed by atoms with Crippen molar-refractivity contribution in [1.82, 2.24) is 19.4 Å². The Morgan fingerprint density at radius 3 is 1.85 bits per heavy atom. The molecule has 0 aliphatic rings. The fourth-order valence-electron chi connectivity index (χ4n) is 4.78. The summed E-state index contributed by atoms with van der Waals surface area (Å²) >= 11 is 7.36. The van der Waals surface area contributed by atoms with E-state index in [-0.39, 0.29) is 90.7 Å². The van der Waals surface area contributed by atoms with Crippen LogP contribution in [-0.2, 0) is 30.1 Å². The molecule has 0 fully saturated rings. The minimum atomic E-state index is -0.427. The number of thioether (sulfide) groups is 1. The number of nitrogens with zero attached hydrogens (tertiary/aromatic N) is 4. The van der Waals surface area contributed by atoms with E-state index in [1.165, 1.54) is 23.9 Å². The Kier molecular flexibility index (Phi) is 32.3. The lowest BCUT2D eigenvalue weighted by Gasteiger charge is -2.27. The van der Waals surface area contributed by atoms with Gasteiger partial charge < -0.3 is 19.5 Å². The second kappa shape index (κ2) is 29.0. The summed E-state index contributed by atoms with van der Waals surface area (Å²) in [6, 6.07) is 22.0. The maximum Gasteiger partial charge on any atom is 0.276 e. The summed E-state index contributed by atoms with van der Waals surface area (Å²) in [5, 5.41) is 10.6. The van der Waals surface area contributed by atoms with Gasteiger partial charge in [-0.25, -0.2) is 4.39 Å². The maximum absolute atomic E-state index is 13.9. The average Bonchev–Trinajstić information content (AvgIpc) is 3.03. The molecule has 0 aliphatic heterocycles. The summed E-state index contributed by atoms with van der Waals surface area (Å²) in [5.41, 5.74) is 3.91. The van der Waals surface area contributed by atoms with Crippen molar-refractivity contribution in [2.45, 2.75) is 104 Å². The Hall–Kier alpha value is -3.50. The molecule has 1 amide bonds. The van der Waals surface area contributed by atoms with Gasteiger partial charge in [-0.05, 0) is 59.6 Å². The van der Waals surface area contributed by atoms with Crippen LogP contribution in [0.3, 0.4) is 0 Å². The Labute approximate surface area is 326 Å². The van der Waals surface area contributed by atoms with Crippen molar-refractivity contribution in [3.63, 3.8) is 0 Å².